The van der Waals surface area contributed by atoms with Crippen LogP contribution in [-0.2, 0) is 28.1 Å². The molecule has 6 atom stereocenters. The molecule has 0 saturated carbocycles. The highest BCUT2D eigenvalue weighted by Gasteiger charge is 2.47. The van der Waals surface area contributed by atoms with Crippen molar-refractivity contribution in [1.82, 2.24) is 0 Å². The average molecular weight is 935 g/mol. The standard InChI is InChI=1S/C50H74N2O9SSi2/c1-34(36(3)61-64(13,14)49(4,5)6)25-26-39(58-47(53)37-21-17-15-18-22-37)46-40(59-50(7,8)60-46)27-28-42(62-38-23-19-16-20-24-38)44-43(48(54)56-29-30-63(10,11)12)41(57-33-55-9)31-35(2)45(44)52-32-51/h15-26,31-32,34,36,39-40,42,46H,27-30,33H2,1-14H3,(H2,51,52)/b26-25-/t34-,36+,39?,40+,42?,46-/m1/s1. The lowest BCUT2D eigenvalue weighted by molar-refractivity contribution is -0.153. The predicted molar refractivity (Wildman–Crippen MR) is 264 cm³/mol. The number of methoxy groups -OCH3 is 1. The Morgan fingerprint density at radius 3 is 2.19 bits per heavy atom. The molecule has 11 nitrogen and oxygen atoms in total. The molecule has 1 saturated heterocycles. The molecule has 4 rings (SSSR count). The SMILES string of the molecule is COCOc1cc(C)c(N=CN)c(C(CC[C@@H]2OC(C)(C)O[C@@H]2C(/C=C\[C@@H](C)[C@H](C)O[Si](C)(C)C(C)(C)C)OC(=O)c2ccccc2)Sc2ccccc2)c1C(=O)OCC[Si](C)(C)C. The lowest BCUT2D eigenvalue weighted by Gasteiger charge is -2.39. The van der Waals surface area contributed by atoms with Gasteiger partial charge in [0.2, 0.25) is 0 Å². The molecule has 1 aliphatic rings. The molecule has 0 aliphatic carbocycles. The third-order valence-corrected chi connectivity index (χ3v) is 19.4. The van der Waals surface area contributed by atoms with Crippen molar-refractivity contribution < 1.29 is 42.4 Å². The summed E-state index contributed by atoms with van der Waals surface area (Å²) in [6, 6.07) is 21.5. The third kappa shape index (κ3) is 15.1. The molecular formula is C50H74N2O9SSi2. The van der Waals surface area contributed by atoms with Crippen LogP contribution in [0.3, 0.4) is 0 Å². The number of carbonyl (C=O) groups is 2. The summed E-state index contributed by atoms with van der Waals surface area (Å²) < 4.78 is 44.0. The van der Waals surface area contributed by atoms with Gasteiger partial charge in [-0.1, -0.05) is 89.8 Å². The van der Waals surface area contributed by atoms with Crippen LogP contribution in [-0.4, -0.2) is 85.4 Å². The van der Waals surface area contributed by atoms with Crippen molar-refractivity contribution in [2.45, 2.75) is 152 Å². The Labute approximate surface area is 389 Å². The summed E-state index contributed by atoms with van der Waals surface area (Å²) >= 11 is 1.60. The second-order valence-electron chi connectivity index (χ2n) is 19.8. The van der Waals surface area contributed by atoms with Crippen molar-refractivity contribution in [3.63, 3.8) is 0 Å². The largest absolute Gasteiger partial charge is 0.467 e. The zero-order valence-electron chi connectivity index (χ0n) is 40.7. The van der Waals surface area contributed by atoms with Crippen molar-refractivity contribution in [2.75, 3.05) is 20.5 Å². The molecule has 64 heavy (non-hydrogen) atoms. The molecule has 3 aromatic carbocycles. The number of ether oxygens (including phenoxy) is 6. The Morgan fingerprint density at radius 2 is 1.59 bits per heavy atom. The van der Waals surface area contributed by atoms with E-state index in [-0.39, 0.29) is 36.0 Å². The number of benzene rings is 3. The minimum atomic E-state index is -2.06. The van der Waals surface area contributed by atoms with Crippen molar-refractivity contribution in [2.24, 2.45) is 16.6 Å². The number of rotatable bonds is 22. The Balaban J connectivity index is 1.81. The lowest BCUT2D eigenvalue weighted by atomic mass is 9.93. The van der Waals surface area contributed by atoms with Gasteiger partial charge in [0.05, 0.1) is 30.3 Å². The van der Waals surface area contributed by atoms with Gasteiger partial charge < -0.3 is 38.6 Å². The molecule has 1 fully saturated rings. The first-order valence-corrected chi connectivity index (χ1v) is 29.9. The fourth-order valence-corrected chi connectivity index (χ4v) is 10.6. The molecule has 0 aromatic heterocycles. The van der Waals surface area contributed by atoms with Crippen molar-refractivity contribution in [1.29, 1.82) is 0 Å². The molecule has 0 spiro atoms. The van der Waals surface area contributed by atoms with Crippen LogP contribution in [0.5, 0.6) is 5.75 Å². The molecule has 0 bridgehead atoms. The number of carbonyl (C=O) groups excluding carboxylic acids is 2. The highest BCUT2D eigenvalue weighted by Crippen LogP contribution is 2.49. The van der Waals surface area contributed by atoms with Crippen LogP contribution < -0.4 is 10.5 Å². The number of aryl methyl sites for hydroxylation is 1. The number of thioether (sulfide) groups is 1. The van der Waals surface area contributed by atoms with Gasteiger partial charge >= 0.3 is 11.9 Å². The average Bonchev–Trinajstić information content (AvgIpc) is 3.53. The van der Waals surface area contributed by atoms with E-state index >= 15 is 0 Å². The first-order chi connectivity index (χ1) is 30.0. The highest BCUT2D eigenvalue weighted by atomic mass is 32.2. The van der Waals surface area contributed by atoms with Crippen LogP contribution in [0.2, 0.25) is 43.8 Å². The predicted octanol–water partition coefficient (Wildman–Crippen LogP) is 12.1. The quantitative estimate of drug-likeness (QED) is 0.0196. The topological polar surface area (TPSA) is 137 Å². The van der Waals surface area contributed by atoms with Crippen LogP contribution in [0.15, 0.2) is 88.8 Å². The fraction of sp³-hybridized carbons (Fsp3) is 0.540. The van der Waals surface area contributed by atoms with Gasteiger partial charge in [0.15, 0.2) is 20.9 Å². The Hall–Kier alpha value is -3.77. The number of hydrogen-bond acceptors (Lipinski definition) is 11. The van der Waals surface area contributed by atoms with Crippen molar-refractivity contribution in [3.05, 3.63) is 101 Å². The first kappa shape index (κ1) is 52.9. The van der Waals surface area contributed by atoms with E-state index in [2.05, 4.69) is 78.4 Å². The Kier molecular flexibility index (Phi) is 19.1. The van der Waals surface area contributed by atoms with Crippen LogP contribution in [0, 0.1) is 12.8 Å². The zero-order valence-corrected chi connectivity index (χ0v) is 43.5. The molecule has 1 heterocycles. The first-order valence-electron chi connectivity index (χ1n) is 22.4. The summed E-state index contributed by atoms with van der Waals surface area (Å²) in [4.78, 5) is 33.9. The lowest BCUT2D eigenvalue weighted by Crippen LogP contribution is -2.44. The van der Waals surface area contributed by atoms with Gasteiger partial charge in [-0.3, -0.25) is 0 Å². The maximum atomic E-state index is 14.4. The van der Waals surface area contributed by atoms with E-state index in [4.69, 9.17) is 38.6 Å². The van der Waals surface area contributed by atoms with E-state index in [1.807, 2.05) is 75.4 Å². The number of esters is 2. The summed E-state index contributed by atoms with van der Waals surface area (Å²) in [6.45, 7) is 28.0. The molecular weight excluding hydrogens is 861 g/mol. The minimum absolute atomic E-state index is 0.00577. The van der Waals surface area contributed by atoms with Crippen molar-refractivity contribution in [3.8, 4) is 5.75 Å². The molecule has 352 valence electrons. The van der Waals surface area contributed by atoms with E-state index in [9.17, 15) is 9.59 Å². The number of nitrogens with two attached hydrogens (primary N) is 1. The molecule has 3 aromatic rings. The maximum absolute atomic E-state index is 14.4. The number of nitrogens with zero attached hydrogens (tertiary/aromatic N) is 1. The monoisotopic (exact) mass is 934 g/mol. The molecule has 14 heteroatoms. The van der Waals surface area contributed by atoms with Crippen LogP contribution in [0.1, 0.15) is 98.4 Å². The maximum Gasteiger partial charge on any atom is 0.342 e. The van der Waals surface area contributed by atoms with Gasteiger partial charge in [0, 0.05) is 37.0 Å². The van der Waals surface area contributed by atoms with Gasteiger partial charge in [-0.2, -0.15) is 0 Å². The molecule has 0 radical (unpaired) electrons. The highest BCUT2D eigenvalue weighted by molar-refractivity contribution is 7.99. The second kappa shape index (κ2) is 23.1. The molecule has 2 unspecified atom stereocenters. The normalized spacial score (nSPS) is 18.8. The summed E-state index contributed by atoms with van der Waals surface area (Å²) in [5.74, 6) is -1.65. The van der Waals surface area contributed by atoms with E-state index in [0.717, 1.165) is 16.5 Å². The van der Waals surface area contributed by atoms with Crippen LogP contribution in [0.4, 0.5) is 5.69 Å². The van der Waals surface area contributed by atoms with E-state index in [1.165, 1.54) is 13.4 Å². The van der Waals surface area contributed by atoms with E-state index in [0.29, 0.717) is 35.4 Å². The minimum Gasteiger partial charge on any atom is -0.467 e. The molecule has 1 aliphatic heterocycles. The van der Waals surface area contributed by atoms with Crippen LogP contribution >= 0.6 is 11.8 Å². The second-order valence-corrected chi connectivity index (χ2v) is 31.5. The third-order valence-electron chi connectivity index (χ3n) is 11.8. The van der Waals surface area contributed by atoms with Gasteiger partial charge in [-0.25, -0.2) is 14.6 Å². The van der Waals surface area contributed by atoms with E-state index < -0.39 is 57.7 Å². The number of aliphatic imine (C=N–C) groups is 1. The fourth-order valence-electron chi connectivity index (χ4n) is 7.11. The summed E-state index contributed by atoms with van der Waals surface area (Å²) in [6.07, 6.45) is 4.04. The molecule has 2 N–H and O–H groups in total. The van der Waals surface area contributed by atoms with Gasteiger partial charge in [-0.15, -0.1) is 11.8 Å². The van der Waals surface area contributed by atoms with Gasteiger partial charge in [0.1, 0.15) is 23.5 Å². The van der Waals surface area contributed by atoms with Gasteiger partial charge in [-0.05, 0) is 113 Å². The van der Waals surface area contributed by atoms with Crippen molar-refractivity contribution >= 4 is 52.1 Å². The number of hydrogen-bond donors (Lipinski definition) is 1. The Morgan fingerprint density at radius 1 is 0.953 bits per heavy atom. The van der Waals surface area contributed by atoms with E-state index in [1.54, 1.807) is 30.0 Å². The van der Waals surface area contributed by atoms with Gasteiger partial charge in [0.25, 0.3) is 0 Å². The summed E-state index contributed by atoms with van der Waals surface area (Å²) in [5.41, 5.74) is 8.68. The summed E-state index contributed by atoms with van der Waals surface area (Å²) in [5, 5.41) is -0.348. The molecule has 0 amide bonds. The van der Waals surface area contributed by atoms with Crippen LogP contribution in [0.25, 0.3) is 0 Å². The zero-order chi connectivity index (χ0) is 47.5. The summed E-state index contributed by atoms with van der Waals surface area (Å²) in [7, 11) is -2.07. The Bertz CT molecular complexity index is 2030. The smallest absolute Gasteiger partial charge is 0.342 e.